The molecule has 0 saturated carbocycles. The van der Waals surface area contributed by atoms with Crippen molar-refractivity contribution in [2.24, 2.45) is 0 Å². The summed E-state index contributed by atoms with van der Waals surface area (Å²) in [5.41, 5.74) is 0. The van der Waals surface area contributed by atoms with Crippen molar-refractivity contribution in [3.63, 3.8) is 0 Å². The van der Waals surface area contributed by atoms with Crippen molar-refractivity contribution in [1.82, 2.24) is 0 Å². The average Bonchev–Trinajstić information content (AvgIpc) is 2.29. The summed E-state index contributed by atoms with van der Waals surface area (Å²) < 4.78 is 5.47. The van der Waals surface area contributed by atoms with Gasteiger partial charge in [-0.1, -0.05) is 45.6 Å². The molecule has 0 bridgehead atoms. The normalized spacial score (nSPS) is 10.5. The monoisotopic (exact) mass is 240 g/mol. The molecule has 0 aromatic rings. The lowest BCUT2D eigenvalue weighted by Gasteiger charge is -2.17. The molecule has 0 amide bonds. The van der Waals surface area contributed by atoms with Crippen LogP contribution in [0.2, 0.25) is 0 Å². The molecule has 0 aliphatic carbocycles. The van der Waals surface area contributed by atoms with Crippen LogP contribution < -0.4 is 0 Å². The Morgan fingerprint density at radius 2 is 1.65 bits per heavy atom. The summed E-state index contributed by atoms with van der Waals surface area (Å²) in [7, 11) is 0. The van der Waals surface area contributed by atoms with Crippen LogP contribution in [0.4, 0.5) is 0 Å². The zero-order chi connectivity index (χ0) is 12.9. The summed E-state index contributed by atoms with van der Waals surface area (Å²) >= 11 is 0. The third-order valence-electron chi connectivity index (χ3n) is 2.87. The van der Waals surface area contributed by atoms with Gasteiger partial charge in [0.2, 0.25) is 0 Å². The molecule has 0 aromatic heterocycles. The molecule has 17 heavy (non-hydrogen) atoms. The predicted molar refractivity (Wildman–Crippen MR) is 73.0 cm³/mol. The third kappa shape index (κ3) is 10.1. The molecule has 0 aliphatic heterocycles. The first-order chi connectivity index (χ1) is 8.24. The largest absolute Gasteiger partial charge is 0.462 e. The van der Waals surface area contributed by atoms with E-state index in [2.05, 4.69) is 20.4 Å². The van der Waals surface area contributed by atoms with Crippen LogP contribution in [0.15, 0.2) is 12.7 Å². The summed E-state index contributed by atoms with van der Waals surface area (Å²) in [6.07, 6.45) is 11.3. The fourth-order valence-electron chi connectivity index (χ4n) is 1.86. The second kappa shape index (κ2) is 11.7. The van der Waals surface area contributed by atoms with Gasteiger partial charge in [0.05, 0.1) is 6.42 Å². The van der Waals surface area contributed by atoms with Gasteiger partial charge < -0.3 is 4.74 Å². The van der Waals surface area contributed by atoms with E-state index >= 15 is 0 Å². The molecule has 0 N–H and O–H groups in total. The van der Waals surface area contributed by atoms with E-state index in [9.17, 15) is 4.79 Å². The molecular formula is C15H28O2. The van der Waals surface area contributed by atoms with E-state index < -0.39 is 0 Å². The third-order valence-corrected chi connectivity index (χ3v) is 2.87. The Morgan fingerprint density at radius 1 is 1.12 bits per heavy atom. The van der Waals surface area contributed by atoms with Crippen LogP contribution in [0, 0.1) is 0 Å². The molecule has 0 unspecified atom stereocenters. The standard InChI is InChI=1S/C15H28O2/c1-4-7-9-12-14(13-10-8-5-2)17-15(16)11-6-3/h6,14H,3-5,7-13H2,1-2H3. The molecule has 0 saturated heterocycles. The number of carbonyl (C=O) groups is 1. The van der Waals surface area contributed by atoms with Crippen molar-refractivity contribution in [3.05, 3.63) is 12.7 Å². The SMILES string of the molecule is C=CCC(=O)OC(CCCCC)CCCCC. The van der Waals surface area contributed by atoms with Gasteiger partial charge in [0.15, 0.2) is 0 Å². The fraction of sp³-hybridized carbons (Fsp3) is 0.800. The maximum absolute atomic E-state index is 11.4. The van der Waals surface area contributed by atoms with Gasteiger partial charge in [0.1, 0.15) is 6.10 Å². The van der Waals surface area contributed by atoms with E-state index in [0.717, 1.165) is 25.7 Å². The topological polar surface area (TPSA) is 26.3 Å². The summed E-state index contributed by atoms with van der Waals surface area (Å²) in [4.78, 5) is 11.4. The minimum Gasteiger partial charge on any atom is -0.462 e. The molecule has 2 nitrogen and oxygen atoms in total. The summed E-state index contributed by atoms with van der Waals surface area (Å²) in [6.45, 7) is 7.94. The number of unbranched alkanes of at least 4 members (excludes halogenated alkanes) is 4. The molecule has 0 aliphatic rings. The lowest BCUT2D eigenvalue weighted by molar-refractivity contribution is -0.148. The van der Waals surface area contributed by atoms with Crippen molar-refractivity contribution in [2.75, 3.05) is 0 Å². The van der Waals surface area contributed by atoms with Crippen LogP contribution >= 0.6 is 0 Å². The minimum atomic E-state index is -0.127. The van der Waals surface area contributed by atoms with Gasteiger partial charge in [-0.25, -0.2) is 0 Å². The Bertz CT molecular complexity index is 189. The molecule has 0 heterocycles. The Balaban J connectivity index is 3.90. The van der Waals surface area contributed by atoms with E-state index in [4.69, 9.17) is 4.74 Å². The first-order valence-corrected chi connectivity index (χ1v) is 7.04. The minimum absolute atomic E-state index is 0.126. The van der Waals surface area contributed by atoms with E-state index in [0.29, 0.717) is 6.42 Å². The first-order valence-electron chi connectivity index (χ1n) is 7.04. The highest BCUT2D eigenvalue weighted by Gasteiger charge is 2.12. The van der Waals surface area contributed by atoms with Crippen molar-refractivity contribution in [3.8, 4) is 0 Å². The average molecular weight is 240 g/mol. The quantitative estimate of drug-likeness (QED) is 0.299. The number of hydrogen-bond acceptors (Lipinski definition) is 2. The number of hydrogen-bond donors (Lipinski definition) is 0. The highest BCUT2D eigenvalue weighted by atomic mass is 16.5. The van der Waals surface area contributed by atoms with Gasteiger partial charge in [-0.15, -0.1) is 6.58 Å². The number of carbonyl (C=O) groups excluding carboxylic acids is 1. The Kier molecular flexibility index (Phi) is 11.1. The van der Waals surface area contributed by atoms with Gasteiger partial charge in [0.25, 0.3) is 0 Å². The van der Waals surface area contributed by atoms with Gasteiger partial charge in [-0.3, -0.25) is 4.79 Å². The zero-order valence-electron chi connectivity index (χ0n) is 11.5. The van der Waals surface area contributed by atoms with Crippen LogP contribution in [0.1, 0.15) is 71.6 Å². The van der Waals surface area contributed by atoms with Crippen LogP contribution in [0.3, 0.4) is 0 Å². The molecule has 0 spiro atoms. The Hall–Kier alpha value is -0.790. The first kappa shape index (κ1) is 16.2. The zero-order valence-corrected chi connectivity index (χ0v) is 11.5. The van der Waals surface area contributed by atoms with E-state index in [1.165, 1.54) is 25.7 Å². The molecule has 0 atom stereocenters. The van der Waals surface area contributed by atoms with E-state index in [1.54, 1.807) is 6.08 Å². The van der Waals surface area contributed by atoms with Crippen LogP contribution in [0.25, 0.3) is 0 Å². The van der Waals surface area contributed by atoms with Crippen LogP contribution in [-0.4, -0.2) is 12.1 Å². The molecular weight excluding hydrogens is 212 g/mol. The van der Waals surface area contributed by atoms with Gasteiger partial charge in [-0.2, -0.15) is 0 Å². The Morgan fingerprint density at radius 3 is 2.06 bits per heavy atom. The molecule has 0 radical (unpaired) electrons. The van der Waals surface area contributed by atoms with Crippen molar-refractivity contribution >= 4 is 5.97 Å². The maximum Gasteiger partial charge on any atom is 0.309 e. The molecule has 0 fully saturated rings. The lowest BCUT2D eigenvalue weighted by Crippen LogP contribution is -2.17. The Labute approximate surface area is 106 Å². The van der Waals surface area contributed by atoms with E-state index in [-0.39, 0.29) is 12.1 Å². The highest BCUT2D eigenvalue weighted by molar-refractivity contribution is 5.71. The van der Waals surface area contributed by atoms with Crippen LogP contribution in [-0.2, 0) is 9.53 Å². The molecule has 0 aromatic carbocycles. The maximum atomic E-state index is 11.4. The van der Waals surface area contributed by atoms with Crippen molar-refractivity contribution < 1.29 is 9.53 Å². The van der Waals surface area contributed by atoms with Crippen molar-refractivity contribution in [2.45, 2.75) is 77.7 Å². The van der Waals surface area contributed by atoms with Gasteiger partial charge >= 0.3 is 5.97 Å². The summed E-state index contributed by atoms with van der Waals surface area (Å²) in [5, 5.41) is 0. The fourth-order valence-corrected chi connectivity index (χ4v) is 1.86. The smallest absolute Gasteiger partial charge is 0.309 e. The highest BCUT2D eigenvalue weighted by Crippen LogP contribution is 2.15. The second-order valence-corrected chi connectivity index (χ2v) is 4.60. The summed E-state index contributed by atoms with van der Waals surface area (Å²) in [6, 6.07) is 0. The molecule has 2 heteroatoms. The molecule has 0 rings (SSSR count). The van der Waals surface area contributed by atoms with Crippen LogP contribution in [0.5, 0.6) is 0 Å². The number of ether oxygens (including phenoxy) is 1. The number of rotatable bonds is 11. The molecule has 100 valence electrons. The van der Waals surface area contributed by atoms with E-state index in [1.807, 2.05) is 0 Å². The second-order valence-electron chi connectivity index (χ2n) is 4.60. The predicted octanol–water partition coefficient (Wildman–Crippen LogP) is 4.63. The summed E-state index contributed by atoms with van der Waals surface area (Å²) in [5.74, 6) is -0.127. The van der Waals surface area contributed by atoms with Gasteiger partial charge in [0, 0.05) is 0 Å². The number of esters is 1. The van der Waals surface area contributed by atoms with Crippen molar-refractivity contribution in [1.29, 1.82) is 0 Å². The lowest BCUT2D eigenvalue weighted by atomic mass is 10.0. The van der Waals surface area contributed by atoms with Gasteiger partial charge in [-0.05, 0) is 25.7 Å².